The lowest BCUT2D eigenvalue weighted by Gasteiger charge is -2.11. The van der Waals surface area contributed by atoms with E-state index in [0.29, 0.717) is 22.4 Å². The summed E-state index contributed by atoms with van der Waals surface area (Å²) in [5, 5.41) is 0.557. The Morgan fingerprint density at radius 1 is 1.38 bits per heavy atom. The van der Waals surface area contributed by atoms with Crippen molar-refractivity contribution >= 4 is 37.6 Å². The van der Waals surface area contributed by atoms with Crippen LogP contribution in [0.1, 0.15) is 10.4 Å². The largest absolute Gasteiger partial charge is 0.497 e. The van der Waals surface area contributed by atoms with Gasteiger partial charge in [-0.05, 0) is 12.1 Å². The van der Waals surface area contributed by atoms with Crippen molar-refractivity contribution in [1.82, 2.24) is 0 Å². The SMILES string of the molecule is COc1ccc(C(=O)C(Br)CBr)c(OC)c1. The van der Waals surface area contributed by atoms with E-state index in [9.17, 15) is 4.79 Å². The van der Waals surface area contributed by atoms with Gasteiger partial charge in [-0.3, -0.25) is 4.79 Å². The molecule has 0 amide bonds. The van der Waals surface area contributed by atoms with Crippen LogP contribution >= 0.6 is 31.9 Å². The minimum Gasteiger partial charge on any atom is -0.497 e. The summed E-state index contributed by atoms with van der Waals surface area (Å²) in [7, 11) is 3.10. The average molecular weight is 352 g/mol. The van der Waals surface area contributed by atoms with E-state index >= 15 is 0 Å². The first-order valence-corrected chi connectivity index (χ1v) is 6.64. The first-order valence-electron chi connectivity index (χ1n) is 4.60. The number of rotatable bonds is 5. The molecule has 16 heavy (non-hydrogen) atoms. The highest BCUT2D eigenvalue weighted by Gasteiger charge is 2.19. The molecule has 1 atom stereocenters. The molecule has 1 rings (SSSR count). The zero-order chi connectivity index (χ0) is 12.1. The average Bonchev–Trinajstić information content (AvgIpc) is 2.35. The van der Waals surface area contributed by atoms with Crippen molar-refractivity contribution in [2.24, 2.45) is 0 Å². The highest BCUT2D eigenvalue weighted by Crippen LogP contribution is 2.27. The number of methoxy groups -OCH3 is 2. The molecule has 0 bridgehead atoms. The van der Waals surface area contributed by atoms with Crippen molar-refractivity contribution in [3.8, 4) is 11.5 Å². The molecule has 0 aliphatic heterocycles. The summed E-state index contributed by atoms with van der Waals surface area (Å²) < 4.78 is 10.2. The summed E-state index contributed by atoms with van der Waals surface area (Å²) in [5.74, 6) is 1.17. The Balaban J connectivity index is 3.08. The smallest absolute Gasteiger partial charge is 0.181 e. The van der Waals surface area contributed by atoms with Crippen LogP contribution < -0.4 is 9.47 Å². The van der Waals surface area contributed by atoms with Gasteiger partial charge >= 0.3 is 0 Å². The van der Waals surface area contributed by atoms with Gasteiger partial charge in [0.25, 0.3) is 0 Å². The van der Waals surface area contributed by atoms with Crippen molar-refractivity contribution in [2.75, 3.05) is 19.5 Å². The van der Waals surface area contributed by atoms with Gasteiger partial charge in [-0.1, -0.05) is 31.9 Å². The fourth-order valence-electron chi connectivity index (χ4n) is 1.24. The molecular formula is C11H12Br2O3. The van der Waals surface area contributed by atoms with E-state index in [1.54, 1.807) is 25.3 Å². The highest BCUT2D eigenvalue weighted by atomic mass is 79.9. The van der Waals surface area contributed by atoms with Crippen LogP contribution in [0.15, 0.2) is 18.2 Å². The molecule has 0 heterocycles. The number of hydrogen-bond donors (Lipinski definition) is 0. The van der Waals surface area contributed by atoms with Gasteiger partial charge < -0.3 is 9.47 Å². The quantitative estimate of drug-likeness (QED) is 0.604. The maximum Gasteiger partial charge on any atom is 0.181 e. The molecule has 1 aromatic rings. The predicted octanol–water partition coefficient (Wildman–Crippen LogP) is 3.04. The minimum atomic E-state index is -0.255. The maximum absolute atomic E-state index is 12.0. The second kappa shape index (κ2) is 6.25. The highest BCUT2D eigenvalue weighted by molar-refractivity contribution is 9.12. The number of alkyl halides is 2. The van der Waals surface area contributed by atoms with Gasteiger partial charge in [-0.25, -0.2) is 0 Å². The number of carbonyl (C=O) groups excluding carboxylic acids is 1. The first-order chi connectivity index (χ1) is 7.63. The number of benzene rings is 1. The molecule has 5 heteroatoms. The predicted molar refractivity (Wildman–Crippen MR) is 70.4 cm³/mol. The van der Waals surface area contributed by atoms with Crippen molar-refractivity contribution in [1.29, 1.82) is 0 Å². The molecule has 0 radical (unpaired) electrons. The first kappa shape index (κ1) is 13.5. The Morgan fingerprint density at radius 2 is 2.06 bits per heavy atom. The molecule has 88 valence electrons. The Kier molecular flexibility index (Phi) is 5.28. The number of Topliss-reactive ketones (excluding diaryl/α,β-unsaturated/α-hetero) is 1. The molecule has 0 spiro atoms. The second-order valence-corrected chi connectivity index (χ2v) is 4.81. The zero-order valence-corrected chi connectivity index (χ0v) is 12.2. The van der Waals surface area contributed by atoms with Gasteiger partial charge in [-0.2, -0.15) is 0 Å². The fourth-order valence-corrected chi connectivity index (χ4v) is 1.78. The van der Waals surface area contributed by atoms with Crippen LogP contribution in [0.5, 0.6) is 11.5 Å². The van der Waals surface area contributed by atoms with Gasteiger partial charge in [0.2, 0.25) is 0 Å². The third-order valence-corrected chi connectivity index (χ3v) is 4.35. The lowest BCUT2D eigenvalue weighted by Crippen LogP contribution is -2.16. The van der Waals surface area contributed by atoms with E-state index in [1.165, 1.54) is 7.11 Å². The summed E-state index contributed by atoms with van der Waals surface area (Å²) in [4.78, 5) is 11.7. The number of ketones is 1. The number of halogens is 2. The van der Waals surface area contributed by atoms with Gasteiger partial charge in [0.05, 0.1) is 24.6 Å². The van der Waals surface area contributed by atoms with Gasteiger partial charge in [0.1, 0.15) is 11.5 Å². The fraction of sp³-hybridized carbons (Fsp3) is 0.364. The molecule has 0 saturated heterocycles. The Bertz CT molecular complexity index is 379. The standard InChI is InChI=1S/C11H12Br2O3/c1-15-7-3-4-8(10(5-7)16-2)11(14)9(13)6-12/h3-5,9H,6H2,1-2H3. The number of carbonyl (C=O) groups is 1. The number of ether oxygens (including phenoxy) is 2. The summed E-state index contributed by atoms with van der Waals surface area (Å²) in [6.45, 7) is 0. The van der Waals surface area contributed by atoms with Crippen LogP contribution in [0, 0.1) is 0 Å². The normalized spacial score (nSPS) is 12.0. The molecule has 1 aromatic carbocycles. The second-order valence-electron chi connectivity index (χ2n) is 3.05. The van der Waals surface area contributed by atoms with Crippen LogP contribution in [0.3, 0.4) is 0 Å². The van der Waals surface area contributed by atoms with Crippen LogP contribution in [-0.2, 0) is 0 Å². The third kappa shape index (κ3) is 2.98. The topological polar surface area (TPSA) is 35.5 Å². The van der Waals surface area contributed by atoms with Crippen LogP contribution in [0.25, 0.3) is 0 Å². The zero-order valence-electron chi connectivity index (χ0n) is 9.00. The summed E-state index contributed by atoms with van der Waals surface area (Å²) >= 11 is 6.55. The maximum atomic E-state index is 12.0. The molecule has 1 unspecified atom stereocenters. The van der Waals surface area contributed by atoms with Crippen molar-refractivity contribution in [3.63, 3.8) is 0 Å². The Labute approximate surface area is 111 Å². The van der Waals surface area contributed by atoms with Crippen molar-refractivity contribution in [2.45, 2.75) is 4.83 Å². The molecule has 0 aliphatic carbocycles. The van der Waals surface area contributed by atoms with Crippen molar-refractivity contribution < 1.29 is 14.3 Å². The van der Waals surface area contributed by atoms with Gasteiger partial charge in [-0.15, -0.1) is 0 Å². The number of hydrogen-bond acceptors (Lipinski definition) is 3. The molecule has 0 N–H and O–H groups in total. The minimum absolute atomic E-state index is 0.0172. The molecule has 3 nitrogen and oxygen atoms in total. The molecular weight excluding hydrogens is 340 g/mol. The Hall–Kier alpha value is -0.550. The van der Waals surface area contributed by atoms with E-state index in [2.05, 4.69) is 31.9 Å². The molecule has 0 saturated carbocycles. The van der Waals surface area contributed by atoms with Crippen molar-refractivity contribution in [3.05, 3.63) is 23.8 Å². The lowest BCUT2D eigenvalue weighted by molar-refractivity contribution is 0.0994. The van der Waals surface area contributed by atoms with E-state index in [4.69, 9.17) is 9.47 Å². The van der Waals surface area contributed by atoms with Gasteiger partial charge in [0, 0.05) is 11.4 Å². The van der Waals surface area contributed by atoms with E-state index in [0.717, 1.165) is 0 Å². The van der Waals surface area contributed by atoms with Gasteiger partial charge in [0.15, 0.2) is 5.78 Å². The van der Waals surface area contributed by atoms with E-state index in [-0.39, 0.29) is 10.6 Å². The van der Waals surface area contributed by atoms with Crippen LogP contribution in [-0.4, -0.2) is 30.2 Å². The van der Waals surface area contributed by atoms with Crippen LogP contribution in [0.4, 0.5) is 0 Å². The summed E-state index contributed by atoms with van der Waals surface area (Å²) in [6.07, 6.45) is 0. The lowest BCUT2D eigenvalue weighted by atomic mass is 10.1. The third-order valence-electron chi connectivity index (χ3n) is 2.09. The van der Waals surface area contributed by atoms with E-state index < -0.39 is 0 Å². The Morgan fingerprint density at radius 3 is 2.56 bits per heavy atom. The molecule has 0 fully saturated rings. The van der Waals surface area contributed by atoms with E-state index in [1.807, 2.05) is 0 Å². The monoisotopic (exact) mass is 350 g/mol. The molecule has 0 aromatic heterocycles. The van der Waals surface area contributed by atoms with Crippen LogP contribution in [0.2, 0.25) is 0 Å². The summed E-state index contributed by atoms with van der Waals surface area (Å²) in [5.41, 5.74) is 0.546. The molecule has 0 aliphatic rings. The summed E-state index contributed by atoms with van der Waals surface area (Å²) in [6, 6.07) is 5.14.